The zero-order valence-corrected chi connectivity index (χ0v) is 17.8. The Morgan fingerprint density at radius 3 is 2.13 bits per heavy atom. The van der Waals surface area contributed by atoms with Crippen LogP contribution < -0.4 is 19.3 Å². The lowest BCUT2D eigenvalue weighted by Gasteiger charge is -2.39. The smallest absolute Gasteiger partial charge is 0.416 e. The highest BCUT2D eigenvalue weighted by atomic mass is 19.4. The molecule has 0 aromatic heterocycles. The number of ether oxygens (including phenoxy) is 2. The zero-order valence-electron chi connectivity index (χ0n) is 17.8. The van der Waals surface area contributed by atoms with Crippen molar-refractivity contribution in [1.82, 2.24) is 0 Å². The van der Waals surface area contributed by atoms with Crippen LogP contribution in [0, 0.1) is 13.8 Å². The van der Waals surface area contributed by atoms with Crippen molar-refractivity contribution in [2.45, 2.75) is 39.5 Å². The zero-order chi connectivity index (χ0) is 21.6. The molecular formula is C23H27F3N2O2. The molecule has 0 N–H and O–H groups in total. The van der Waals surface area contributed by atoms with Crippen LogP contribution in [0.2, 0.25) is 0 Å². The van der Waals surface area contributed by atoms with Gasteiger partial charge in [0.05, 0.1) is 12.7 Å². The lowest BCUT2D eigenvalue weighted by atomic mass is 9.96. The number of halogens is 3. The fourth-order valence-electron chi connectivity index (χ4n) is 4.68. The standard InChI is InChI=1S/C23H27F3N2O2/c1-14-13-19-15(2)20(16(3)21(29-4)22(19)30-14)28-11-9-27(10-12-28)18-7-5-17(6-8-18)23(24,25)26/h5-8,14H,9-13H2,1-4H3. The molecular weight excluding hydrogens is 393 g/mol. The molecule has 1 atom stereocenters. The molecule has 4 nitrogen and oxygen atoms in total. The van der Waals surface area contributed by atoms with Crippen LogP contribution in [0.3, 0.4) is 0 Å². The number of rotatable bonds is 3. The third-order valence-corrected chi connectivity index (χ3v) is 6.15. The van der Waals surface area contributed by atoms with Gasteiger partial charge in [-0.1, -0.05) is 0 Å². The summed E-state index contributed by atoms with van der Waals surface area (Å²) in [6, 6.07) is 5.43. The minimum Gasteiger partial charge on any atom is -0.492 e. The second-order valence-corrected chi connectivity index (χ2v) is 8.09. The maximum absolute atomic E-state index is 12.8. The molecule has 4 rings (SSSR count). The molecule has 0 amide bonds. The third kappa shape index (κ3) is 3.55. The Bertz CT molecular complexity index is 933. The summed E-state index contributed by atoms with van der Waals surface area (Å²) in [6.45, 7) is 9.35. The number of piperazine rings is 1. The van der Waals surface area contributed by atoms with E-state index >= 15 is 0 Å². The first-order valence-corrected chi connectivity index (χ1v) is 10.2. The molecule has 0 saturated carbocycles. The fourth-order valence-corrected chi connectivity index (χ4v) is 4.68. The van der Waals surface area contributed by atoms with Gasteiger partial charge in [0.2, 0.25) is 0 Å². The molecule has 2 aliphatic rings. The van der Waals surface area contributed by atoms with Crippen LogP contribution in [-0.2, 0) is 12.6 Å². The van der Waals surface area contributed by atoms with Gasteiger partial charge in [0.25, 0.3) is 0 Å². The molecule has 1 unspecified atom stereocenters. The molecule has 2 aromatic carbocycles. The average Bonchev–Trinajstić information content (AvgIpc) is 3.10. The number of methoxy groups -OCH3 is 1. The van der Waals surface area contributed by atoms with E-state index in [1.165, 1.54) is 16.8 Å². The Hall–Kier alpha value is -2.57. The summed E-state index contributed by atoms with van der Waals surface area (Å²) in [6.07, 6.45) is -3.30. The monoisotopic (exact) mass is 420 g/mol. The molecule has 0 aliphatic carbocycles. The molecule has 2 heterocycles. The number of nitrogens with zero attached hydrogens (tertiary/aromatic N) is 2. The van der Waals surface area contributed by atoms with E-state index in [1.807, 2.05) is 0 Å². The van der Waals surface area contributed by atoms with Gasteiger partial charge in [-0.05, 0) is 50.6 Å². The van der Waals surface area contributed by atoms with Crippen molar-refractivity contribution in [3.05, 3.63) is 46.5 Å². The minimum absolute atomic E-state index is 0.138. The van der Waals surface area contributed by atoms with E-state index in [9.17, 15) is 13.2 Å². The highest BCUT2D eigenvalue weighted by Crippen LogP contribution is 2.47. The summed E-state index contributed by atoms with van der Waals surface area (Å²) >= 11 is 0. The Labute approximate surface area is 175 Å². The fraction of sp³-hybridized carbons (Fsp3) is 0.478. The Morgan fingerprint density at radius 1 is 0.967 bits per heavy atom. The van der Waals surface area contributed by atoms with E-state index in [2.05, 4.69) is 30.6 Å². The minimum atomic E-state index is -4.31. The Kier molecular flexibility index (Phi) is 5.24. The Morgan fingerprint density at radius 2 is 1.57 bits per heavy atom. The van der Waals surface area contributed by atoms with E-state index in [0.717, 1.165) is 67.5 Å². The quantitative estimate of drug-likeness (QED) is 0.699. The molecule has 1 saturated heterocycles. The van der Waals surface area contributed by atoms with Crippen LogP contribution in [0.1, 0.15) is 29.2 Å². The van der Waals surface area contributed by atoms with Crippen molar-refractivity contribution < 1.29 is 22.6 Å². The molecule has 30 heavy (non-hydrogen) atoms. The topological polar surface area (TPSA) is 24.9 Å². The molecule has 0 radical (unpaired) electrons. The van der Waals surface area contributed by atoms with Crippen LogP contribution >= 0.6 is 0 Å². The molecule has 1 fully saturated rings. The van der Waals surface area contributed by atoms with Gasteiger partial charge < -0.3 is 19.3 Å². The van der Waals surface area contributed by atoms with Crippen LogP contribution in [-0.4, -0.2) is 39.4 Å². The molecule has 0 bridgehead atoms. The van der Waals surface area contributed by atoms with E-state index < -0.39 is 11.7 Å². The Balaban J connectivity index is 1.54. The van der Waals surface area contributed by atoms with Crippen LogP contribution in [0.15, 0.2) is 24.3 Å². The van der Waals surface area contributed by atoms with Crippen molar-refractivity contribution in [3.63, 3.8) is 0 Å². The van der Waals surface area contributed by atoms with Gasteiger partial charge in [0.15, 0.2) is 11.5 Å². The van der Waals surface area contributed by atoms with Gasteiger partial charge in [-0.25, -0.2) is 0 Å². The molecule has 2 aromatic rings. The van der Waals surface area contributed by atoms with Crippen molar-refractivity contribution in [2.75, 3.05) is 43.1 Å². The molecule has 2 aliphatic heterocycles. The largest absolute Gasteiger partial charge is 0.492 e. The predicted octanol–water partition coefficient (Wildman–Crippen LogP) is 4.98. The van der Waals surface area contributed by atoms with Crippen molar-refractivity contribution in [2.24, 2.45) is 0 Å². The highest BCUT2D eigenvalue weighted by Gasteiger charge is 2.32. The lowest BCUT2D eigenvalue weighted by molar-refractivity contribution is -0.137. The van der Waals surface area contributed by atoms with Crippen LogP contribution in [0.25, 0.3) is 0 Å². The number of benzene rings is 2. The molecule has 0 spiro atoms. The number of anilines is 2. The van der Waals surface area contributed by atoms with Crippen molar-refractivity contribution >= 4 is 11.4 Å². The van der Waals surface area contributed by atoms with Crippen LogP contribution in [0.4, 0.5) is 24.5 Å². The van der Waals surface area contributed by atoms with Gasteiger partial charge in [-0.15, -0.1) is 0 Å². The van der Waals surface area contributed by atoms with E-state index in [-0.39, 0.29) is 6.10 Å². The number of fused-ring (bicyclic) bond motifs is 1. The van der Waals surface area contributed by atoms with E-state index in [4.69, 9.17) is 9.47 Å². The van der Waals surface area contributed by atoms with Gasteiger partial charge in [0.1, 0.15) is 6.10 Å². The highest BCUT2D eigenvalue weighted by molar-refractivity contribution is 5.73. The first-order valence-electron chi connectivity index (χ1n) is 10.2. The van der Waals surface area contributed by atoms with E-state index in [0.29, 0.717) is 0 Å². The predicted molar refractivity (Wildman–Crippen MR) is 112 cm³/mol. The summed E-state index contributed by atoms with van der Waals surface area (Å²) in [5.74, 6) is 1.67. The van der Waals surface area contributed by atoms with Crippen LogP contribution in [0.5, 0.6) is 11.5 Å². The van der Waals surface area contributed by atoms with Gasteiger partial charge >= 0.3 is 6.18 Å². The maximum atomic E-state index is 12.8. The first-order chi connectivity index (χ1) is 14.2. The van der Waals surface area contributed by atoms with E-state index in [1.54, 1.807) is 19.2 Å². The lowest BCUT2D eigenvalue weighted by Crippen LogP contribution is -2.47. The van der Waals surface area contributed by atoms with Gasteiger partial charge in [0, 0.05) is 55.1 Å². The second-order valence-electron chi connectivity index (χ2n) is 8.09. The average molecular weight is 420 g/mol. The molecule has 162 valence electrons. The third-order valence-electron chi connectivity index (χ3n) is 6.15. The van der Waals surface area contributed by atoms with Crippen molar-refractivity contribution in [1.29, 1.82) is 0 Å². The number of hydrogen-bond donors (Lipinski definition) is 0. The van der Waals surface area contributed by atoms with Crippen molar-refractivity contribution in [3.8, 4) is 11.5 Å². The summed E-state index contributed by atoms with van der Waals surface area (Å²) in [5, 5.41) is 0. The molecule has 7 heteroatoms. The van der Waals surface area contributed by atoms with Gasteiger partial charge in [-0.2, -0.15) is 13.2 Å². The number of alkyl halides is 3. The summed E-state index contributed by atoms with van der Waals surface area (Å²) < 4.78 is 50.2. The maximum Gasteiger partial charge on any atom is 0.416 e. The SMILES string of the molecule is COc1c(C)c(N2CCN(c3ccc(C(F)(F)F)cc3)CC2)c(C)c2c1OC(C)C2. The first kappa shape index (κ1) is 20.7. The second kappa shape index (κ2) is 7.60. The summed E-state index contributed by atoms with van der Waals surface area (Å²) in [5.41, 5.74) is 4.92. The summed E-state index contributed by atoms with van der Waals surface area (Å²) in [7, 11) is 1.68. The van der Waals surface area contributed by atoms with Gasteiger partial charge in [-0.3, -0.25) is 0 Å². The normalized spacial score (nSPS) is 19.0. The summed E-state index contributed by atoms with van der Waals surface area (Å²) in [4.78, 5) is 4.49. The number of hydrogen-bond acceptors (Lipinski definition) is 4.